The van der Waals surface area contributed by atoms with Gasteiger partial charge in [-0.3, -0.25) is 20.0 Å². The average molecular weight is 486 g/mol. The summed E-state index contributed by atoms with van der Waals surface area (Å²) in [6.07, 6.45) is 10.8. The first-order valence-electron chi connectivity index (χ1n) is 11.5. The van der Waals surface area contributed by atoms with E-state index in [4.69, 9.17) is 6.42 Å². The molecule has 1 aliphatic rings. The van der Waals surface area contributed by atoms with E-state index in [0.29, 0.717) is 51.5 Å². The Morgan fingerprint density at radius 2 is 1.74 bits per heavy atom. The number of benzene rings is 1. The average Bonchev–Trinajstić information content (AvgIpc) is 2.84. The second-order valence-electron chi connectivity index (χ2n) is 8.26. The number of nitrogens with zero attached hydrogens (tertiary/aromatic N) is 5. The summed E-state index contributed by atoms with van der Waals surface area (Å²) in [5.41, 5.74) is 1.40. The summed E-state index contributed by atoms with van der Waals surface area (Å²) < 4.78 is 29.0. The highest BCUT2D eigenvalue weighted by Gasteiger charge is 2.34. The van der Waals surface area contributed by atoms with E-state index in [2.05, 4.69) is 15.8 Å². The van der Waals surface area contributed by atoms with Crippen LogP contribution in [-0.4, -0.2) is 66.8 Å². The van der Waals surface area contributed by atoms with Gasteiger partial charge < -0.3 is 4.90 Å². The van der Waals surface area contributed by atoms with Crippen molar-refractivity contribution in [3.63, 3.8) is 0 Å². The van der Waals surface area contributed by atoms with Crippen molar-refractivity contribution in [1.29, 1.82) is 0 Å². The molecule has 1 fully saturated rings. The van der Waals surface area contributed by atoms with Crippen molar-refractivity contribution in [2.24, 2.45) is 0 Å². The Labute approximate surface area is 201 Å². The van der Waals surface area contributed by atoms with E-state index in [1.165, 1.54) is 10.4 Å². The maximum atomic E-state index is 13.8. The summed E-state index contributed by atoms with van der Waals surface area (Å²) in [6.45, 7) is 7.61. The summed E-state index contributed by atoms with van der Waals surface area (Å²) in [4.78, 5) is 19.0. The smallest absolute Gasteiger partial charge is 0.272 e. The van der Waals surface area contributed by atoms with Gasteiger partial charge in [-0.15, -0.1) is 6.42 Å². The van der Waals surface area contributed by atoms with Gasteiger partial charge in [-0.2, -0.15) is 4.31 Å². The molecule has 0 N–H and O–H groups in total. The molecule has 0 radical (unpaired) electrons. The summed E-state index contributed by atoms with van der Waals surface area (Å²) >= 11 is 0. The minimum absolute atomic E-state index is 0.0841. The van der Waals surface area contributed by atoms with Crippen LogP contribution < -0.4 is 4.90 Å². The van der Waals surface area contributed by atoms with Gasteiger partial charge in [-0.1, -0.05) is 19.8 Å². The number of aromatic nitrogens is 1. The van der Waals surface area contributed by atoms with Crippen LogP contribution in [0.3, 0.4) is 0 Å². The standard InChI is InChI=1S/C24H31N5O4S/c1-4-11-27(12-5-2)24-21(6-3)17-22(29(30)31)18-23(24)34(32,33)28-15-13-26(14-16-28)19-20-7-9-25-10-8-20/h3,7-10,17-18H,4-5,11-16,19H2,1-2H3. The van der Waals surface area contributed by atoms with Crippen molar-refractivity contribution in [2.75, 3.05) is 44.2 Å². The van der Waals surface area contributed by atoms with Crippen LogP contribution >= 0.6 is 0 Å². The molecule has 0 spiro atoms. The lowest BCUT2D eigenvalue weighted by atomic mass is 10.1. The maximum Gasteiger partial charge on any atom is 0.272 e. The highest BCUT2D eigenvalue weighted by Crippen LogP contribution is 2.36. The third-order valence-corrected chi connectivity index (χ3v) is 7.75. The molecule has 182 valence electrons. The lowest BCUT2D eigenvalue weighted by molar-refractivity contribution is -0.385. The van der Waals surface area contributed by atoms with Gasteiger partial charge in [0.1, 0.15) is 4.90 Å². The molecular weight excluding hydrogens is 454 g/mol. The Morgan fingerprint density at radius 3 is 2.26 bits per heavy atom. The Bertz CT molecular complexity index is 1130. The fraction of sp³-hybridized carbons (Fsp3) is 0.458. The number of rotatable bonds is 10. The van der Waals surface area contributed by atoms with E-state index >= 15 is 0 Å². The van der Waals surface area contributed by atoms with Gasteiger partial charge in [0.25, 0.3) is 5.69 Å². The van der Waals surface area contributed by atoms with Crippen LogP contribution in [0.2, 0.25) is 0 Å². The normalized spacial score (nSPS) is 15.1. The first kappa shape index (κ1) is 25.6. The van der Waals surface area contributed by atoms with E-state index in [-0.39, 0.29) is 16.1 Å². The first-order valence-corrected chi connectivity index (χ1v) is 12.9. The minimum atomic E-state index is -4.00. The number of sulfonamides is 1. The molecule has 2 aromatic rings. The lowest BCUT2D eigenvalue weighted by Crippen LogP contribution is -2.48. The second-order valence-corrected chi connectivity index (χ2v) is 10.2. The molecule has 1 saturated heterocycles. The van der Waals surface area contributed by atoms with Crippen LogP contribution in [0.1, 0.15) is 37.8 Å². The van der Waals surface area contributed by atoms with Gasteiger partial charge in [0.2, 0.25) is 10.0 Å². The van der Waals surface area contributed by atoms with Crippen molar-refractivity contribution < 1.29 is 13.3 Å². The molecule has 3 rings (SSSR count). The van der Waals surface area contributed by atoms with Crippen LogP contribution in [0.4, 0.5) is 11.4 Å². The van der Waals surface area contributed by atoms with E-state index < -0.39 is 14.9 Å². The van der Waals surface area contributed by atoms with E-state index in [0.717, 1.165) is 24.5 Å². The molecule has 1 aromatic carbocycles. The molecule has 1 aromatic heterocycles. The van der Waals surface area contributed by atoms with Crippen molar-refractivity contribution in [3.8, 4) is 12.3 Å². The molecule has 9 nitrogen and oxygen atoms in total. The van der Waals surface area contributed by atoms with Gasteiger partial charge in [0.05, 0.1) is 16.2 Å². The van der Waals surface area contributed by atoms with Gasteiger partial charge in [0, 0.05) is 70.3 Å². The summed E-state index contributed by atoms with van der Waals surface area (Å²) in [5, 5.41) is 11.6. The second kappa shape index (κ2) is 11.4. The van der Waals surface area contributed by atoms with Crippen molar-refractivity contribution >= 4 is 21.4 Å². The van der Waals surface area contributed by atoms with Crippen LogP contribution in [0, 0.1) is 22.5 Å². The Kier molecular flexibility index (Phi) is 8.61. The number of terminal acetylenes is 1. The van der Waals surface area contributed by atoms with Crippen LogP contribution in [0.25, 0.3) is 0 Å². The lowest BCUT2D eigenvalue weighted by Gasteiger charge is -2.35. The van der Waals surface area contributed by atoms with Gasteiger partial charge in [-0.05, 0) is 30.5 Å². The van der Waals surface area contributed by atoms with Crippen molar-refractivity contribution in [3.05, 3.63) is 57.9 Å². The molecule has 0 unspecified atom stereocenters. The quantitative estimate of drug-likeness (QED) is 0.290. The zero-order valence-electron chi connectivity index (χ0n) is 19.7. The molecule has 0 amide bonds. The third kappa shape index (κ3) is 5.73. The Hall–Kier alpha value is -3.00. The number of nitro groups is 1. The summed E-state index contributed by atoms with van der Waals surface area (Å²) in [5.74, 6) is 2.50. The number of nitro benzene ring substituents is 1. The number of piperazine rings is 1. The molecule has 1 aliphatic heterocycles. The fourth-order valence-corrected chi connectivity index (χ4v) is 5.90. The minimum Gasteiger partial charge on any atom is -0.369 e. The molecule has 34 heavy (non-hydrogen) atoms. The predicted molar refractivity (Wildman–Crippen MR) is 132 cm³/mol. The molecule has 0 atom stereocenters. The SMILES string of the molecule is C#Cc1cc([N+](=O)[O-])cc(S(=O)(=O)N2CCN(Cc3ccncc3)CC2)c1N(CCC)CCC. The van der Waals surface area contributed by atoms with E-state index in [1.807, 2.05) is 30.9 Å². The predicted octanol–water partition coefficient (Wildman–Crippen LogP) is 3.10. The maximum absolute atomic E-state index is 13.8. The molecule has 0 saturated carbocycles. The fourth-order valence-electron chi connectivity index (χ4n) is 4.22. The Balaban J connectivity index is 1.95. The number of hydrogen-bond donors (Lipinski definition) is 0. The van der Waals surface area contributed by atoms with Gasteiger partial charge in [0.15, 0.2) is 0 Å². The molecule has 0 aliphatic carbocycles. The molecule has 10 heteroatoms. The molecule has 0 bridgehead atoms. The monoisotopic (exact) mass is 485 g/mol. The van der Waals surface area contributed by atoms with E-state index in [1.54, 1.807) is 12.4 Å². The Morgan fingerprint density at radius 1 is 1.12 bits per heavy atom. The van der Waals surface area contributed by atoms with Crippen molar-refractivity contribution in [2.45, 2.75) is 38.1 Å². The number of hydrogen-bond acceptors (Lipinski definition) is 7. The number of pyridine rings is 1. The topological polar surface area (TPSA) is 99.9 Å². The first-order chi connectivity index (χ1) is 16.3. The van der Waals surface area contributed by atoms with Gasteiger partial charge in [-0.25, -0.2) is 8.42 Å². The van der Waals surface area contributed by atoms with Crippen LogP contribution in [0.15, 0.2) is 41.6 Å². The summed E-state index contributed by atoms with van der Waals surface area (Å²) in [7, 11) is -4.00. The van der Waals surface area contributed by atoms with Gasteiger partial charge >= 0.3 is 0 Å². The number of non-ortho nitro benzene ring substituents is 1. The zero-order chi connectivity index (χ0) is 24.7. The van der Waals surface area contributed by atoms with Crippen LogP contribution in [0.5, 0.6) is 0 Å². The largest absolute Gasteiger partial charge is 0.369 e. The summed E-state index contributed by atoms with van der Waals surface area (Å²) in [6, 6.07) is 6.33. The highest BCUT2D eigenvalue weighted by molar-refractivity contribution is 7.89. The third-order valence-electron chi connectivity index (χ3n) is 5.83. The van der Waals surface area contributed by atoms with E-state index in [9.17, 15) is 18.5 Å². The van der Waals surface area contributed by atoms with Crippen LogP contribution in [-0.2, 0) is 16.6 Å². The highest BCUT2D eigenvalue weighted by atomic mass is 32.2. The number of anilines is 1. The zero-order valence-corrected chi connectivity index (χ0v) is 20.5. The molecular formula is C24H31N5O4S. The molecule has 2 heterocycles. The van der Waals surface area contributed by atoms with Crippen molar-refractivity contribution in [1.82, 2.24) is 14.2 Å².